The molecule has 0 bridgehead atoms. The van der Waals surface area contributed by atoms with Crippen LogP contribution in [0.15, 0.2) is 18.2 Å². The molecule has 1 aromatic rings. The third kappa shape index (κ3) is 3.99. The van der Waals surface area contributed by atoms with E-state index in [9.17, 15) is 4.79 Å². The summed E-state index contributed by atoms with van der Waals surface area (Å²) in [6.07, 6.45) is 3.50. The number of hydrogen-bond donors (Lipinski definition) is 1. The minimum atomic E-state index is 0. The summed E-state index contributed by atoms with van der Waals surface area (Å²) in [5.41, 5.74) is 2.62. The summed E-state index contributed by atoms with van der Waals surface area (Å²) in [4.78, 5) is 14.4. The molecule has 2 aliphatic heterocycles. The monoisotopic (exact) mass is 338 g/mol. The summed E-state index contributed by atoms with van der Waals surface area (Å²) >= 11 is 0. The van der Waals surface area contributed by atoms with Gasteiger partial charge in [-0.15, -0.1) is 12.4 Å². The van der Waals surface area contributed by atoms with Crippen LogP contribution in [0.1, 0.15) is 30.4 Å². The van der Waals surface area contributed by atoms with E-state index in [-0.39, 0.29) is 24.9 Å². The standard InChI is InChI=1S/C18H26N2O2.ClH/c1-14-4-3-5-15(2)17(14)22-12-16(21)20-10-7-18(8-11-20)6-9-19-13-18;/h3-5,19H,6-13H2,1-2H3;1H. The molecule has 2 heterocycles. The molecule has 0 radical (unpaired) electrons. The van der Waals surface area contributed by atoms with Gasteiger partial charge in [-0.2, -0.15) is 0 Å². The van der Waals surface area contributed by atoms with Gasteiger partial charge in [0.25, 0.3) is 5.91 Å². The second-order valence-corrected chi connectivity index (χ2v) is 6.82. The molecule has 1 aromatic carbocycles. The number of nitrogens with zero attached hydrogens (tertiary/aromatic N) is 1. The van der Waals surface area contributed by atoms with Crippen LogP contribution in [0.5, 0.6) is 5.75 Å². The molecule has 0 atom stereocenters. The summed E-state index contributed by atoms with van der Waals surface area (Å²) in [6.45, 7) is 8.18. The average molecular weight is 339 g/mol. The van der Waals surface area contributed by atoms with Gasteiger partial charge in [0.15, 0.2) is 6.61 Å². The van der Waals surface area contributed by atoms with Crippen molar-refractivity contribution >= 4 is 18.3 Å². The maximum atomic E-state index is 12.4. The fourth-order valence-electron chi connectivity index (χ4n) is 3.70. The van der Waals surface area contributed by atoms with Gasteiger partial charge < -0.3 is 15.0 Å². The van der Waals surface area contributed by atoms with E-state index in [1.165, 1.54) is 6.42 Å². The Morgan fingerprint density at radius 1 is 1.22 bits per heavy atom. The first-order valence-corrected chi connectivity index (χ1v) is 8.27. The summed E-state index contributed by atoms with van der Waals surface area (Å²) < 4.78 is 5.80. The molecular formula is C18H27ClN2O2. The van der Waals surface area contributed by atoms with Crippen molar-refractivity contribution in [2.45, 2.75) is 33.1 Å². The molecule has 0 unspecified atom stereocenters. The van der Waals surface area contributed by atoms with Gasteiger partial charge in [-0.3, -0.25) is 4.79 Å². The molecule has 2 saturated heterocycles. The molecule has 5 heteroatoms. The number of para-hydroxylation sites is 1. The van der Waals surface area contributed by atoms with Crippen molar-refractivity contribution in [3.8, 4) is 5.75 Å². The van der Waals surface area contributed by atoms with Gasteiger partial charge in [0.2, 0.25) is 0 Å². The van der Waals surface area contributed by atoms with Crippen molar-refractivity contribution in [1.29, 1.82) is 0 Å². The lowest BCUT2D eigenvalue weighted by Crippen LogP contribution is -2.45. The van der Waals surface area contributed by atoms with Crippen molar-refractivity contribution < 1.29 is 9.53 Å². The highest BCUT2D eigenvalue weighted by Crippen LogP contribution is 2.36. The molecule has 23 heavy (non-hydrogen) atoms. The highest BCUT2D eigenvalue weighted by atomic mass is 35.5. The van der Waals surface area contributed by atoms with Crippen molar-refractivity contribution in [3.63, 3.8) is 0 Å². The van der Waals surface area contributed by atoms with E-state index in [2.05, 4.69) is 5.32 Å². The van der Waals surface area contributed by atoms with E-state index in [4.69, 9.17) is 4.74 Å². The zero-order chi connectivity index (χ0) is 15.6. The molecule has 0 saturated carbocycles. The van der Waals surface area contributed by atoms with E-state index in [1.54, 1.807) is 0 Å². The Bertz CT molecular complexity index is 526. The Morgan fingerprint density at radius 3 is 2.43 bits per heavy atom. The smallest absolute Gasteiger partial charge is 0.260 e. The Labute approximate surface area is 145 Å². The van der Waals surface area contributed by atoms with Crippen molar-refractivity contribution in [1.82, 2.24) is 10.2 Å². The average Bonchev–Trinajstić information content (AvgIpc) is 2.95. The van der Waals surface area contributed by atoms with Crippen LogP contribution in [-0.2, 0) is 4.79 Å². The van der Waals surface area contributed by atoms with E-state index in [0.29, 0.717) is 5.41 Å². The predicted octanol–water partition coefficient (Wildman–Crippen LogP) is 2.71. The van der Waals surface area contributed by atoms with Gasteiger partial charge in [0, 0.05) is 19.6 Å². The van der Waals surface area contributed by atoms with Crippen LogP contribution in [0.4, 0.5) is 0 Å². The lowest BCUT2D eigenvalue weighted by Gasteiger charge is -2.38. The number of nitrogens with one attached hydrogen (secondary N) is 1. The number of piperidine rings is 1. The molecule has 2 fully saturated rings. The second kappa shape index (κ2) is 7.54. The molecule has 128 valence electrons. The molecule has 1 amide bonds. The van der Waals surface area contributed by atoms with Crippen LogP contribution in [-0.4, -0.2) is 43.6 Å². The van der Waals surface area contributed by atoms with Crippen LogP contribution in [0, 0.1) is 19.3 Å². The minimum absolute atomic E-state index is 0. The Balaban J connectivity index is 0.00000192. The summed E-state index contributed by atoms with van der Waals surface area (Å²) in [7, 11) is 0. The van der Waals surface area contributed by atoms with E-state index in [0.717, 1.165) is 55.9 Å². The number of halogens is 1. The summed E-state index contributed by atoms with van der Waals surface area (Å²) in [5.74, 6) is 0.966. The van der Waals surface area contributed by atoms with Crippen LogP contribution in [0.2, 0.25) is 0 Å². The van der Waals surface area contributed by atoms with E-state index in [1.807, 2.05) is 36.9 Å². The molecule has 2 aliphatic rings. The third-order valence-electron chi connectivity index (χ3n) is 5.26. The zero-order valence-electron chi connectivity index (χ0n) is 14.1. The number of ether oxygens (including phenoxy) is 1. The number of hydrogen-bond acceptors (Lipinski definition) is 3. The molecule has 0 aliphatic carbocycles. The molecule has 0 aromatic heterocycles. The van der Waals surface area contributed by atoms with Crippen LogP contribution in [0.25, 0.3) is 0 Å². The number of carbonyl (C=O) groups is 1. The molecule has 1 N–H and O–H groups in total. The van der Waals surface area contributed by atoms with Gasteiger partial charge >= 0.3 is 0 Å². The first kappa shape index (κ1) is 18.1. The first-order valence-electron chi connectivity index (χ1n) is 8.27. The van der Waals surface area contributed by atoms with Gasteiger partial charge in [-0.05, 0) is 56.2 Å². The molecular weight excluding hydrogens is 312 g/mol. The van der Waals surface area contributed by atoms with E-state index >= 15 is 0 Å². The Kier molecular flexibility index (Phi) is 5.93. The fraction of sp³-hybridized carbons (Fsp3) is 0.611. The summed E-state index contributed by atoms with van der Waals surface area (Å²) in [6, 6.07) is 6.05. The van der Waals surface area contributed by atoms with Crippen LogP contribution < -0.4 is 10.1 Å². The predicted molar refractivity (Wildman–Crippen MR) is 94.4 cm³/mol. The number of rotatable bonds is 3. The molecule has 1 spiro atoms. The maximum absolute atomic E-state index is 12.4. The Hall–Kier alpha value is -1.26. The molecule has 3 rings (SSSR count). The first-order chi connectivity index (χ1) is 10.6. The van der Waals surface area contributed by atoms with Gasteiger partial charge in [-0.1, -0.05) is 18.2 Å². The van der Waals surface area contributed by atoms with Gasteiger partial charge in [0.05, 0.1) is 0 Å². The zero-order valence-corrected chi connectivity index (χ0v) is 14.9. The fourth-order valence-corrected chi connectivity index (χ4v) is 3.70. The lowest BCUT2D eigenvalue weighted by atomic mass is 9.78. The maximum Gasteiger partial charge on any atom is 0.260 e. The third-order valence-corrected chi connectivity index (χ3v) is 5.26. The van der Waals surface area contributed by atoms with Gasteiger partial charge in [-0.25, -0.2) is 0 Å². The lowest BCUT2D eigenvalue weighted by molar-refractivity contribution is -0.135. The normalized spacial score (nSPS) is 19.5. The number of amides is 1. The van der Waals surface area contributed by atoms with E-state index < -0.39 is 0 Å². The number of aryl methyl sites for hydroxylation is 2. The SMILES string of the molecule is Cc1cccc(C)c1OCC(=O)N1CCC2(CCNC2)CC1.Cl. The highest BCUT2D eigenvalue weighted by molar-refractivity contribution is 5.85. The number of carbonyl (C=O) groups excluding carboxylic acids is 1. The second-order valence-electron chi connectivity index (χ2n) is 6.82. The van der Waals surface area contributed by atoms with Crippen LogP contribution in [0.3, 0.4) is 0 Å². The number of benzene rings is 1. The van der Waals surface area contributed by atoms with Gasteiger partial charge in [0.1, 0.15) is 5.75 Å². The van der Waals surface area contributed by atoms with Crippen molar-refractivity contribution in [3.05, 3.63) is 29.3 Å². The largest absolute Gasteiger partial charge is 0.483 e. The molecule has 4 nitrogen and oxygen atoms in total. The minimum Gasteiger partial charge on any atom is -0.483 e. The topological polar surface area (TPSA) is 41.6 Å². The van der Waals surface area contributed by atoms with Crippen molar-refractivity contribution in [2.24, 2.45) is 5.41 Å². The number of likely N-dealkylation sites (tertiary alicyclic amines) is 1. The summed E-state index contributed by atoms with van der Waals surface area (Å²) in [5, 5.41) is 3.46. The van der Waals surface area contributed by atoms with Crippen LogP contribution >= 0.6 is 12.4 Å². The Morgan fingerprint density at radius 2 is 1.87 bits per heavy atom. The quantitative estimate of drug-likeness (QED) is 0.921. The van der Waals surface area contributed by atoms with Crippen molar-refractivity contribution in [2.75, 3.05) is 32.8 Å². The highest BCUT2D eigenvalue weighted by Gasteiger charge is 2.38.